The molecular formula is C21H26N6O3S. The zero-order valence-corrected chi connectivity index (χ0v) is 18.6. The highest BCUT2D eigenvalue weighted by atomic mass is 32.2. The first-order valence-electron chi connectivity index (χ1n) is 9.99. The molecule has 1 aromatic carbocycles. The van der Waals surface area contributed by atoms with Gasteiger partial charge >= 0.3 is 0 Å². The minimum atomic E-state index is -0.586. The number of thioether (sulfide) groups is 1. The quantitative estimate of drug-likeness (QED) is 0.462. The molecule has 0 spiro atoms. The third-order valence-corrected chi connectivity index (χ3v) is 5.61. The summed E-state index contributed by atoms with van der Waals surface area (Å²) in [6.07, 6.45) is 0.588. The number of carbonyl (C=O) groups is 2. The summed E-state index contributed by atoms with van der Waals surface area (Å²) >= 11 is 1.30. The molecule has 2 heterocycles. The van der Waals surface area contributed by atoms with Gasteiger partial charge in [0.2, 0.25) is 11.8 Å². The van der Waals surface area contributed by atoms with Crippen molar-refractivity contribution in [3.8, 4) is 0 Å². The van der Waals surface area contributed by atoms with Gasteiger partial charge in [0.25, 0.3) is 0 Å². The van der Waals surface area contributed by atoms with Gasteiger partial charge in [0.1, 0.15) is 16.8 Å². The third kappa shape index (κ3) is 6.17. The molecule has 164 valence electrons. The molecule has 0 fully saturated rings. The average Bonchev–Trinajstić information content (AvgIpc) is 3.30. The fourth-order valence-electron chi connectivity index (χ4n) is 3.00. The molecule has 3 N–H and O–H groups in total. The molecule has 0 saturated heterocycles. The van der Waals surface area contributed by atoms with E-state index in [2.05, 4.69) is 34.5 Å². The maximum Gasteiger partial charge on any atom is 0.243 e. The van der Waals surface area contributed by atoms with Crippen LogP contribution in [0.3, 0.4) is 0 Å². The first-order valence-corrected chi connectivity index (χ1v) is 10.9. The van der Waals surface area contributed by atoms with E-state index in [1.165, 1.54) is 11.8 Å². The molecule has 3 rings (SSSR count). The van der Waals surface area contributed by atoms with Gasteiger partial charge in [-0.2, -0.15) is 0 Å². The Balaban J connectivity index is 1.89. The van der Waals surface area contributed by atoms with Crippen molar-refractivity contribution in [1.82, 2.24) is 19.9 Å². The Kier molecular flexibility index (Phi) is 7.45. The second kappa shape index (κ2) is 10.3. The van der Waals surface area contributed by atoms with Gasteiger partial charge in [-0.3, -0.25) is 9.59 Å². The number of hydrogen-bond donors (Lipinski definition) is 2. The average molecular weight is 443 g/mol. The first kappa shape index (κ1) is 22.5. The maximum atomic E-state index is 13.1. The molecule has 1 atom stereocenters. The molecule has 2 aromatic heterocycles. The number of aromatic nitrogens is 4. The zero-order chi connectivity index (χ0) is 22.4. The maximum absolute atomic E-state index is 13.1. The fraction of sp³-hybridized carbons (Fsp3) is 0.381. The van der Waals surface area contributed by atoms with Crippen LogP contribution in [-0.2, 0) is 22.6 Å². The summed E-state index contributed by atoms with van der Waals surface area (Å²) in [5, 5.41) is 15.2. The summed E-state index contributed by atoms with van der Waals surface area (Å²) in [7, 11) is 0. The number of carbonyl (C=O) groups excluding carboxylic acids is 2. The lowest BCUT2D eigenvalue weighted by Gasteiger charge is -2.17. The lowest BCUT2D eigenvalue weighted by Crippen LogP contribution is -2.20. The molecule has 0 aliphatic carbocycles. The van der Waals surface area contributed by atoms with Crippen molar-refractivity contribution in [2.45, 2.75) is 50.6 Å². The number of hydrogen-bond acceptors (Lipinski definition) is 7. The van der Waals surface area contributed by atoms with E-state index in [9.17, 15) is 9.59 Å². The van der Waals surface area contributed by atoms with E-state index in [1.54, 1.807) is 13.0 Å². The summed E-state index contributed by atoms with van der Waals surface area (Å²) in [5.41, 5.74) is 6.12. The molecule has 31 heavy (non-hydrogen) atoms. The minimum Gasteiger partial charge on any atom is -0.370 e. The number of amides is 2. The standard InChI is InChI=1S/C21H26N6O3S/c1-13(2)12-27-18(10-9-16(22)28)24-25-21(27)31-19(15-7-5-4-6-8-15)20(29)23-17-11-14(3)30-26-17/h4-8,11,13,19H,9-10,12H2,1-3H3,(H2,22,28)(H,23,26,29)/t19-/m0/s1. The van der Waals surface area contributed by atoms with E-state index in [4.69, 9.17) is 10.3 Å². The van der Waals surface area contributed by atoms with Gasteiger partial charge in [-0.25, -0.2) is 0 Å². The lowest BCUT2D eigenvalue weighted by atomic mass is 10.1. The van der Waals surface area contributed by atoms with Crippen LogP contribution in [0, 0.1) is 12.8 Å². The normalized spacial score (nSPS) is 12.1. The van der Waals surface area contributed by atoms with Gasteiger partial charge in [-0.05, 0) is 18.4 Å². The van der Waals surface area contributed by atoms with E-state index in [-0.39, 0.29) is 12.3 Å². The topological polar surface area (TPSA) is 129 Å². The van der Waals surface area contributed by atoms with Crippen molar-refractivity contribution in [3.63, 3.8) is 0 Å². The van der Waals surface area contributed by atoms with Gasteiger partial charge in [0.15, 0.2) is 11.0 Å². The molecule has 9 nitrogen and oxygen atoms in total. The Bertz CT molecular complexity index is 1030. The largest absolute Gasteiger partial charge is 0.370 e. The van der Waals surface area contributed by atoms with Crippen LogP contribution in [0.2, 0.25) is 0 Å². The Morgan fingerprint density at radius 3 is 2.58 bits per heavy atom. The number of primary amides is 1. The predicted octanol–water partition coefficient (Wildman–Crippen LogP) is 3.12. The highest BCUT2D eigenvalue weighted by Gasteiger charge is 2.26. The van der Waals surface area contributed by atoms with Crippen LogP contribution < -0.4 is 11.1 Å². The zero-order valence-electron chi connectivity index (χ0n) is 17.7. The number of nitrogens with two attached hydrogens (primary N) is 1. The molecule has 0 saturated carbocycles. The molecule has 0 aliphatic heterocycles. The van der Waals surface area contributed by atoms with E-state index in [0.29, 0.717) is 41.4 Å². The molecule has 2 amide bonds. The van der Waals surface area contributed by atoms with Crippen LogP contribution in [0.15, 0.2) is 46.1 Å². The lowest BCUT2D eigenvalue weighted by molar-refractivity contribution is -0.118. The van der Waals surface area contributed by atoms with Crippen molar-refractivity contribution in [2.75, 3.05) is 5.32 Å². The van der Waals surface area contributed by atoms with Gasteiger partial charge in [0.05, 0.1) is 0 Å². The highest BCUT2D eigenvalue weighted by molar-refractivity contribution is 8.00. The van der Waals surface area contributed by atoms with E-state index < -0.39 is 11.2 Å². The molecule has 0 aliphatic rings. The SMILES string of the molecule is Cc1cc(NC(=O)[C@@H](Sc2nnc(CCC(N)=O)n2CC(C)C)c2ccccc2)no1. The van der Waals surface area contributed by atoms with Crippen LogP contribution in [0.5, 0.6) is 0 Å². The first-order chi connectivity index (χ1) is 14.8. The Morgan fingerprint density at radius 2 is 1.97 bits per heavy atom. The Morgan fingerprint density at radius 1 is 1.23 bits per heavy atom. The third-order valence-electron chi connectivity index (χ3n) is 4.38. The monoisotopic (exact) mass is 442 g/mol. The number of benzene rings is 1. The highest BCUT2D eigenvalue weighted by Crippen LogP contribution is 2.36. The second-order valence-corrected chi connectivity index (χ2v) is 8.66. The summed E-state index contributed by atoms with van der Waals surface area (Å²) in [5.74, 6) is 1.32. The van der Waals surface area contributed by atoms with Gasteiger partial charge < -0.3 is 20.1 Å². The summed E-state index contributed by atoms with van der Waals surface area (Å²) < 4.78 is 7.01. The Labute approximate surface area is 184 Å². The molecule has 0 unspecified atom stereocenters. The van der Waals surface area contributed by atoms with Crippen LogP contribution in [-0.4, -0.2) is 31.7 Å². The van der Waals surface area contributed by atoms with Gasteiger partial charge in [0, 0.05) is 25.5 Å². The second-order valence-electron chi connectivity index (χ2n) is 7.59. The Hall–Kier alpha value is -3.14. The molecule has 3 aromatic rings. The van der Waals surface area contributed by atoms with Crippen molar-refractivity contribution < 1.29 is 14.1 Å². The molecular weight excluding hydrogens is 416 g/mol. The summed E-state index contributed by atoms with van der Waals surface area (Å²) in [4.78, 5) is 24.4. The van der Waals surface area contributed by atoms with Gasteiger partial charge in [-0.1, -0.05) is 61.1 Å². The number of rotatable bonds is 10. The predicted molar refractivity (Wildman–Crippen MR) is 117 cm³/mol. The van der Waals surface area contributed by atoms with E-state index in [1.807, 2.05) is 34.9 Å². The van der Waals surface area contributed by atoms with Crippen molar-refractivity contribution >= 4 is 29.4 Å². The molecule has 10 heteroatoms. The fourth-order valence-corrected chi connectivity index (χ4v) is 4.06. The number of anilines is 1. The molecule has 0 radical (unpaired) electrons. The summed E-state index contributed by atoms with van der Waals surface area (Å²) in [6, 6.07) is 11.1. The molecule has 0 bridgehead atoms. The van der Waals surface area contributed by atoms with E-state index in [0.717, 1.165) is 5.56 Å². The van der Waals surface area contributed by atoms with Crippen molar-refractivity contribution in [2.24, 2.45) is 11.7 Å². The number of aryl methyl sites for hydroxylation is 2. The van der Waals surface area contributed by atoms with Crippen LogP contribution in [0.4, 0.5) is 5.82 Å². The van der Waals surface area contributed by atoms with Crippen molar-refractivity contribution in [3.05, 3.63) is 53.5 Å². The summed E-state index contributed by atoms with van der Waals surface area (Å²) in [6.45, 7) is 6.59. The number of nitrogens with zero attached hydrogens (tertiary/aromatic N) is 4. The van der Waals surface area contributed by atoms with Crippen molar-refractivity contribution in [1.29, 1.82) is 0 Å². The smallest absolute Gasteiger partial charge is 0.243 e. The minimum absolute atomic E-state index is 0.189. The number of nitrogens with one attached hydrogen (secondary N) is 1. The van der Waals surface area contributed by atoms with Gasteiger partial charge in [-0.15, -0.1) is 10.2 Å². The van der Waals surface area contributed by atoms with Crippen LogP contribution in [0.1, 0.15) is 42.7 Å². The van der Waals surface area contributed by atoms with Crippen LogP contribution in [0.25, 0.3) is 0 Å². The van der Waals surface area contributed by atoms with E-state index >= 15 is 0 Å². The van der Waals surface area contributed by atoms with Crippen LogP contribution >= 0.6 is 11.8 Å².